The lowest BCUT2D eigenvalue weighted by Crippen LogP contribution is -2.11. The molecule has 0 aromatic rings. The molecule has 0 aromatic carbocycles. The van der Waals surface area contributed by atoms with Crippen LogP contribution < -0.4 is 23.8 Å². The zero-order valence-electron chi connectivity index (χ0n) is 8.14. The highest BCUT2D eigenvalue weighted by molar-refractivity contribution is 7.83. The van der Waals surface area contributed by atoms with Crippen LogP contribution in [0.15, 0.2) is 0 Å². The van der Waals surface area contributed by atoms with E-state index in [-0.39, 0.29) is 12.3 Å². The lowest BCUT2D eigenvalue weighted by atomic mass is 10.7. The van der Waals surface area contributed by atoms with Gasteiger partial charge in [0.1, 0.15) is 0 Å². The van der Waals surface area contributed by atoms with E-state index in [2.05, 4.69) is 8.67 Å². The van der Waals surface area contributed by atoms with Gasteiger partial charge in [-0.15, -0.1) is 0 Å². The van der Waals surface area contributed by atoms with E-state index in [0.717, 1.165) is 0 Å². The van der Waals surface area contributed by atoms with E-state index >= 15 is 0 Å². The van der Waals surface area contributed by atoms with Crippen LogP contribution in [0.3, 0.4) is 0 Å². The SMILES string of the molecule is N.N.NCCN.O=S(=O)(O)OOS(=O)(=O)O. The lowest BCUT2D eigenvalue weighted by Gasteiger charge is -1.92. The Morgan fingerprint density at radius 2 is 1.00 bits per heavy atom. The van der Waals surface area contributed by atoms with Gasteiger partial charge in [0.25, 0.3) is 0 Å². The fourth-order valence-corrected chi connectivity index (χ4v) is 0.632. The van der Waals surface area contributed by atoms with Gasteiger partial charge in [-0.2, -0.15) is 16.8 Å². The summed E-state index contributed by atoms with van der Waals surface area (Å²) < 4.78 is 58.9. The summed E-state index contributed by atoms with van der Waals surface area (Å²) in [6.45, 7) is 1.19. The predicted octanol–water partition coefficient (Wildman–Crippen LogP) is -2.23. The summed E-state index contributed by atoms with van der Waals surface area (Å²) in [5, 5.41) is 0. The van der Waals surface area contributed by atoms with Crippen LogP contribution in [0.5, 0.6) is 0 Å². The molecule has 0 unspecified atom stereocenters. The molecule has 0 aliphatic carbocycles. The monoisotopic (exact) mass is 288 g/mol. The lowest BCUT2D eigenvalue weighted by molar-refractivity contribution is -0.105. The summed E-state index contributed by atoms with van der Waals surface area (Å²) in [6, 6.07) is 0. The van der Waals surface area contributed by atoms with Crippen molar-refractivity contribution in [3.8, 4) is 0 Å². The minimum atomic E-state index is -5.02. The Kier molecular flexibility index (Phi) is 17.1. The second-order valence-electron chi connectivity index (χ2n) is 1.57. The van der Waals surface area contributed by atoms with Crippen molar-refractivity contribution in [2.24, 2.45) is 11.5 Å². The normalized spacial score (nSPS) is 10.2. The third-order valence-electron chi connectivity index (χ3n) is 0.366. The first-order valence-electron chi connectivity index (χ1n) is 2.85. The Balaban J connectivity index is -0.000000105. The maximum Gasteiger partial charge on any atom is 0.425 e. The smallest absolute Gasteiger partial charge is 0.344 e. The number of hydrogen-bond donors (Lipinski definition) is 6. The van der Waals surface area contributed by atoms with Gasteiger partial charge >= 0.3 is 20.8 Å². The minimum absolute atomic E-state index is 0. The van der Waals surface area contributed by atoms with Crippen LogP contribution >= 0.6 is 0 Å². The van der Waals surface area contributed by atoms with Crippen molar-refractivity contribution < 1.29 is 34.6 Å². The third kappa shape index (κ3) is 37.4. The molecule has 0 rings (SSSR count). The molecule has 16 heavy (non-hydrogen) atoms. The average Bonchev–Trinajstić information content (AvgIpc) is 1.99. The highest BCUT2D eigenvalue weighted by Gasteiger charge is 2.13. The summed E-state index contributed by atoms with van der Waals surface area (Å²) in [6.07, 6.45) is 0. The Morgan fingerprint density at radius 3 is 1.06 bits per heavy atom. The van der Waals surface area contributed by atoms with Gasteiger partial charge in [-0.25, -0.2) is 0 Å². The van der Waals surface area contributed by atoms with Gasteiger partial charge < -0.3 is 23.8 Å². The number of rotatable bonds is 4. The van der Waals surface area contributed by atoms with E-state index in [9.17, 15) is 16.8 Å². The third-order valence-corrected chi connectivity index (χ3v) is 0.933. The summed E-state index contributed by atoms with van der Waals surface area (Å²) in [4.78, 5) is 0. The second kappa shape index (κ2) is 11.1. The van der Waals surface area contributed by atoms with E-state index in [1.165, 1.54) is 0 Å². The van der Waals surface area contributed by atoms with E-state index in [4.69, 9.17) is 20.6 Å². The standard InChI is InChI=1S/C2H8N2.2H3N.H2O8S2/c3-1-2-4;;;1-9(2,3)7-8-10(4,5)6/h1-4H2;2*1H3;(H,1,2,3)(H,4,5,6). The average molecular weight is 288 g/mol. The van der Waals surface area contributed by atoms with Gasteiger partial charge in [-0.1, -0.05) is 8.67 Å². The minimum Gasteiger partial charge on any atom is -0.344 e. The molecule has 0 amide bonds. The van der Waals surface area contributed by atoms with Crippen LogP contribution in [0.25, 0.3) is 0 Å². The molecule has 12 N–H and O–H groups in total. The highest BCUT2D eigenvalue weighted by atomic mass is 32.3. The van der Waals surface area contributed by atoms with Crippen LogP contribution in [-0.2, 0) is 29.5 Å². The quantitative estimate of drug-likeness (QED) is 0.182. The molecule has 0 aromatic heterocycles. The zero-order valence-corrected chi connectivity index (χ0v) is 9.78. The summed E-state index contributed by atoms with van der Waals surface area (Å²) >= 11 is 0. The maximum atomic E-state index is 9.51. The van der Waals surface area contributed by atoms with Gasteiger partial charge in [0.15, 0.2) is 0 Å². The predicted molar refractivity (Wildman–Crippen MR) is 53.4 cm³/mol. The van der Waals surface area contributed by atoms with Crippen molar-refractivity contribution in [2.45, 2.75) is 0 Å². The molecule has 12 nitrogen and oxygen atoms in total. The van der Waals surface area contributed by atoms with Crippen LogP contribution in [0.4, 0.5) is 0 Å². The molecule has 0 atom stereocenters. The molecular weight excluding hydrogens is 272 g/mol. The van der Waals surface area contributed by atoms with Crippen molar-refractivity contribution in [1.29, 1.82) is 0 Å². The van der Waals surface area contributed by atoms with Gasteiger partial charge in [0.2, 0.25) is 0 Å². The van der Waals surface area contributed by atoms with Crippen LogP contribution in [0.1, 0.15) is 0 Å². The zero-order chi connectivity index (χ0) is 11.8. The highest BCUT2D eigenvalue weighted by Crippen LogP contribution is 1.92. The molecule has 0 saturated heterocycles. The van der Waals surface area contributed by atoms with Crippen molar-refractivity contribution >= 4 is 20.8 Å². The molecule has 0 heterocycles. The Bertz CT molecular complexity index is 288. The summed E-state index contributed by atoms with van der Waals surface area (Å²) in [5.41, 5.74) is 9.81. The van der Waals surface area contributed by atoms with E-state index in [0.29, 0.717) is 13.1 Å². The molecule has 0 aliphatic rings. The van der Waals surface area contributed by atoms with E-state index in [1.807, 2.05) is 0 Å². The van der Waals surface area contributed by atoms with Crippen molar-refractivity contribution in [2.75, 3.05) is 13.1 Å². The van der Waals surface area contributed by atoms with E-state index in [1.54, 1.807) is 0 Å². The fourth-order valence-electron chi connectivity index (χ4n) is 0.0702. The molecule has 14 heteroatoms. The largest absolute Gasteiger partial charge is 0.425 e. The fraction of sp³-hybridized carbons (Fsp3) is 1.00. The Morgan fingerprint density at radius 1 is 0.812 bits per heavy atom. The van der Waals surface area contributed by atoms with Crippen LogP contribution in [-0.4, -0.2) is 39.0 Å². The first kappa shape index (κ1) is 24.7. The van der Waals surface area contributed by atoms with Crippen molar-refractivity contribution in [3.63, 3.8) is 0 Å². The van der Waals surface area contributed by atoms with Gasteiger partial charge in [-0.3, -0.25) is 9.11 Å². The second-order valence-corrected chi connectivity index (χ2v) is 3.55. The van der Waals surface area contributed by atoms with Gasteiger partial charge in [-0.05, 0) is 0 Å². The Hall–Kier alpha value is -0.420. The van der Waals surface area contributed by atoms with Gasteiger partial charge in [0, 0.05) is 13.1 Å². The maximum absolute atomic E-state index is 9.51. The first-order chi connectivity index (χ1) is 6.12. The molecule has 0 saturated carbocycles. The van der Waals surface area contributed by atoms with Crippen molar-refractivity contribution in [3.05, 3.63) is 0 Å². The summed E-state index contributed by atoms with van der Waals surface area (Å²) in [5.74, 6) is 0. The Labute approximate surface area is 92.9 Å². The molecule has 104 valence electrons. The molecular formula is C2H16N4O8S2. The molecule has 0 fully saturated rings. The molecule has 0 bridgehead atoms. The first-order valence-corrected chi connectivity index (χ1v) is 5.58. The molecule has 0 aliphatic heterocycles. The molecule has 0 radical (unpaired) electrons. The summed E-state index contributed by atoms with van der Waals surface area (Å²) in [7, 11) is -10.0. The topological polar surface area (TPSA) is 249 Å². The van der Waals surface area contributed by atoms with Crippen molar-refractivity contribution in [1.82, 2.24) is 12.3 Å². The van der Waals surface area contributed by atoms with Crippen LogP contribution in [0.2, 0.25) is 0 Å². The number of nitrogens with two attached hydrogens (primary N) is 2. The molecule has 0 spiro atoms. The van der Waals surface area contributed by atoms with Crippen LogP contribution in [0, 0.1) is 0 Å². The van der Waals surface area contributed by atoms with Gasteiger partial charge in [0.05, 0.1) is 0 Å². The van der Waals surface area contributed by atoms with E-state index < -0.39 is 20.8 Å². The number of hydrogen-bond acceptors (Lipinski definition) is 10.